The molecule has 0 amide bonds. The SMILES string of the molecule is CC(CCc1ccco1)NC(C)CN1CCCC1. The van der Waals surface area contributed by atoms with Crippen LogP contribution in [0.25, 0.3) is 0 Å². The molecule has 1 aliphatic heterocycles. The summed E-state index contributed by atoms with van der Waals surface area (Å²) in [6.07, 6.45) is 6.67. The van der Waals surface area contributed by atoms with Crippen molar-refractivity contribution in [3.05, 3.63) is 24.2 Å². The fourth-order valence-corrected chi connectivity index (χ4v) is 2.79. The molecule has 3 heteroatoms. The van der Waals surface area contributed by atoms with Crippen LogP contribution in [-0.2, 0) is 6.42 Å². The van der Waals surface area contributed by atoms with E-state index in [9.17, 15) is 0 Å². The molecule has 1 aromatic rings. The maximum absolute atomic E-state index is 5.36. The van der Waals surface area contributed by atoms with E-state index in [1.165, 1.54) is 32.5 Å². The van der Waals surface area contributed by atoms with Crippen molar-refractivity contribution in [1.29, 1.82) is 0 Å². The van der Waals surface area contributed by atoms with Crippen molar-refractivity contribution in [3.8, 4) is 0 Å². The Balaban J connectivity index is 1.61. The monoisotopic (exact) mass is 250 g/mol. The number of nitrogens with one attached hydrogen (secondary N) is 1. The van der Waals surface area contributed by atoms with Gasteiger partial charge in [-0.25, -0.2) is 0 Å². The Morgan fingerprint density at radius 3 is 2.72 bits per heavy atom. The van der Waals surface area contributed by atoms with Gasteiger partial charge in [-0.1, -0.05) is 0 Å². The van der Waals surface area contributed by atoms with Crippen LogP contribution in [0.15, 0.2) is 22.8 Å². The maximum Gasteiger partial charge on any atom is 0.103 e. The number of aryl methyl sites for hydroxylation is 1. The van der Waals surface area contributed by atoms with Gasteiger partial charge in [-0.05, 0) is 58.3 Å². The summed E-state index contributed by atoms with van der Waals surface area (Å²) in [6, 6.07) is 5.14. The molecule has 1 aliphatic rings. The van der Waals surface area contributed by atoms with Gasteiger partial charge in [0.1, 0.15) is 5.76 Å². The summed E-state index contributed by atoms with van der Waals surface area (Å²) in [6.45, 7) is 8.32. The van der Waals surface area contributed by atoms with Crippen molar-refractivity contribution in [3.63, 3.8) is 0 Å². The molecule has 1 aromatic heterocycles. The van der Waals surface area contributed by atoms with E-state index in [-0.39, 0.29) is 0 Å². The molecular formula is C15H26N2O. The number of rotatable bonds is 7. The van der Waals surface area contributed by atoms with Gasteiger partial charge < -0.3 is 14.6 Å². The lowest BCUT2D eigenvalue weighted by atomic mass is 10.1. The second-order valence-corrected chi connectivity index (χ2v) is 5.59. The Labute approximate surface area is 111 Å². The second kappa shape index (κ2) is 6.95. The van der Waals surface area contributed by atoms with Crippen LogP contribution in [-0.4, -0.2) is 36.6 Å². The van der Waals surface area contributed by atoms with E-state index in [4.69, 9.17) is 4.42 Å². The third kappa shape index (κ3) is 4.46. The highest BCUT2D eigenvalue weighted by Gasteiger charge is 2.15. The van der Waals surface area contributed by atoms with Crippen LogP contribution in [0.2, 0.25) is 0 Å². The zero-order valence-corrected chi connectivity index (χ0v) is 11.7. The molecule has 3 nitrogen and oxygen atoms in total. The van der Waals surface area contributed by atoms with E-state index in [1.54, 1.807) is 6.26 Å². The molecule has 0 bridgehead atoms. The van der Waals surface area contributed by atoms with Crippen LogP contribution in [0.1, 0.15) is 38.9 Å². The van der Waals surface area contributed by atoms with E-state index in [0.717, 1.165) is 18.6 Å². The van der Waals surface area contributed by atoms with Crippen LogP contribution in [0.3, 0.4) is 0 Å². The van der Waals surface area contributed by atoms with Crippen LogP contribution < -0.4 is 5.32 Å². The van der Waals surface area contributed by atoms with Crippen molar-refractivity contribution in [2.45, 2.75) is 51.6 Å². The van der Waals surface area contributed by atoms with Crippen LogP contribution in [0, 0.1) is 0 Å². The quantitative estimate of drug-likeness (QED) is 0.806. The largest absolute Gasteiger partial charge is 0.469 e. The van der Waals surface area contributed by atoms with E-state index >= 15 is 0 Å². The molecule has 2 unspecified atom stereocenters. The Bertz CT molecular complexity index is 317. The predicted octanol–water partition coefficient (Wildman–Crippen LogP) is 2.67. The number of likely N-dealkylation sites (tertiary alicyclic amines) is 1. The predicted molar refractivity (Wildman–Crippen MR) is 74.8 cm³/mol. The van der Waals surface area contributed by atoms with Crippen LogP contribution >= 0.6 is 0 Å². The summed E-state index contributed by atoms with van der Waals surface area (Å²) < 4.78 is 5.36. The van der Waals surface area contributed by atoms with Crippen molar-refractivity contribution in [2.75, 3.05) is 19.6 Å². The van der Waals surface area contributed by atoms with E-state index in [2.05, 4.69) is 30.1 Å². The number of hydrogen-bond acceptors (Lipinski definition) is 3. The summed E-state index contributed by atoms with van der Waals surface area (Å²) in [4.78, 5) is 2.57. The van der Waals surface area contributed by atoms with Crippen molar-refractivity contribution < 1.29 is 4.42 Å². The molecule has 1 fully saturated rings. The fourth-order valence-electron chi connectivity index (χ4n) is 2.79. The molecule has 0 saturated carbocycles. The van der Waals surface area contributed by atoms with Gasteiger partial charge in [0.2, 0.25) is 0 Å². The summed E-state index contributed by atoms with van der Waals surface area (Å²) in [5.41, 5.74) is 0. The molecule has 1 N–H and O–H groups in total. The lowest BCUT2D eigenvalue weighted by molar-refractivity contribution is 0.285. The van der Waals surface area contributed by atoms with Gasteiger partial charge in [-0.3, -0.25) is 0 Å². The van der Waals surface area contributed by atoms with Crippen molar-refractivity contribution in [2.24, 2.45) is 0 Å². The number of furan rings is 1. The normalized spacial score (nSPS) is 20.1. The molecule has 102 valence electrons. The average molecular weight is 250 g/mol. The third-order valence-electron chi connectivity index (χ3n) is 3.70. The molecule has 2 atom stereocenters. The van der Waals surface area contributed by atoms with Gasteiger partial charge in [0, 0.05) is 25.0 Å². The first-order chi connectivity index (χ1) is 8.74. The minimum absolute atomic E-state index is 0.549. The van der Waals surface area contributed by atoms with E-state index in [0.29, 0.717) is 12.1 Å². The second-order valence-electron chi connectivity index (χ2n) is 5.59. The van der Waals surface area contributed by atoms with E-state index < -0.39 is 0 Å². The highest BCUT2D eigenvalue weighted by Crippen LogP contribution is 2.09. The lowest BCUT2D eigenvalue weighted by Gasteiger charge is -2.24. The molecule has 0 radical (unpaired) electrons. The molecule has 0 spiro atoms. The molecule has 2 heterocycles. The van der Waals surface area contributed by atoms with Gasteiger partial charge in [0.25, 0.3) is 0 Å². The van der Waals surface area contributed by atoms with Crippen molar-refractivity contribution in [1.82, 2.24) is 10.2 Å². The molecule has 0 aromatic carbocycles. The minimum Gasteiger partial charge on any atom is -0.469 e. The summed E-state index contributed by atoms with van der Waals surface area (Å²) in [7, 11) is 0. The first kappa shape index (κ1) is 13.6. The topological polar surface area (TPSA) is 28.4 Å². The Kier molecular flexibility index (Phi) is 5.26. The van der Waals surface area contributed by atoms with Gasteiger partial charge in [0.15, 0.2) is 0 Å². The maximum atomic E-state index is 5.36. The summed E-state index contributed by atoms with van der Waals surface area (Å²) in [5, 5.41) is 3.69. The minimum atomic E-state index is 0.549. The molecular weight excluding hydrogens is 224 g/mol. The Morgan fingerprint density at radius 1 is 1.28 bits per heavy atom. The van der Waals surface area contributed by atoms with Crippen LogP contribution in [0.5, 0.6) is 0 Å². The first-order valence-electron chi connectivity index (χ1n) is 7.25. The number of nitrogens with zero attached hydrogens (tertiary/aromatic N) is 1. The fraction of sp³-hybridized carbons (Fsp3) is 0.733. The highest BCUT2D eigenvalue weighted by atomic mass is 16.3. The lowest BCUT2D eigenvalue weighted by Crippen LogP contribution is -2.42. The standard InChI is InChI=1S/C15H26N2O/c1-13(7-8-15-6-5-11-18-15)16-14(2)12-17-9-3-4-10-17/h5-6,11,13-14,16H,3-4,7-10,12H2,1-2H3. The van der Waals surface area contributed by atoms with Gasteiger partial charge in [0.05, 0.1) is 6.26 Å². The van der Waals surface area contributed by atoms with Gasteiger partial charge >= 0.3 is 0 Å². The molecule has 1 saturated heterocycles. The van der Waals surface area contributed by atoms with E-state index in [1.807, 2.05) is 6.07 Å². The molecule has 2 rings (SSSR count). The summed E-state index contributed by atoms with van der Waals surface area (Å²) >= 11 is 0. The van der Waals surface area contributed by atoms with Gasteiger partial charge in [-0.2, -0.15) is 0 Å². The first-order valence-corrected chi connectivity index (χ1v) is 7.25. The highest BCUT2D eigenvalue weighted by molar-refractivity contribution is 4.98. The molecule has 0 aliphatic carbocycles. The Hall–Kier alpha value is -0.800. The van der Waals surface area contributed by atoms with Crippen LogP contribution in [0.4, 0.5) is 0 Å². The van der Waals surface area contributed by atoms with Crippen molar-refractivity contribution >= 4 is 0 Å². The third-order valence-corrected chi connectivity index (χ3v) is 3.70. The smallest absolute Gasteiger partial charge is 0.103 e. The molecule has 18 heavy (non-hydrogen) atoms. The summed E-state index contributed by atoms with van der Waals surface area (Å²) in [5.74, 6) is 1.09. The van der Waals surface area contributed by atoms with Gasteiger partial charge in [-0.15, -0.1) is 0 Å². The zero-order chi connectivity index (χ0) is 12.8. The number of hydrogen-bond donors (Lipinski definition) is 1. The zero-order valence-electron chi connectivity index (χ0n) is 11.7. The Morgan fingerprint density at radius 2 is 2.06 bits per heavy atom. The average Bonchev–Trinajstić information content (AvgIpc) is 2.98.